The number of hydrogen-bond donors (Lipinski definition) is 1. The molecule has 0 saturated heterocycles. The van der Waals surface area contributed by atoms with E-state index < -0.39 is 0 Å². The lowest BCUT2D eigenvalue weighted by Crippen LogP contribution is -2.37. The van der Waals surface area contributed by atoms with Crippen molar-refractivity contribution < 1.29 is 4.79 Å². The van der Waals surface area contributed by atoms with E-state index >= 15 is 0 Å². The van der Waals surface area contributed by atoms with Crippen LogP contribution in [0.25, 0.3) is 0 Å². The van der Waals surface area contributed by atoms with Crippen molar-refractivity contribution in [2.24, 2.45) is 5.92 Å². The molecule has 19 heavy (non-hydrogen) atoms. The van der Waals surface area contributed by atoms with Crippen LogP contribution < -0.4 is 10.9 Å². The Hall–Kier alpha value is -1.10. The minimum atomic E-state index is -0.173. The van der Waals surface area contributed by atoms with Gasteiger partial charge in [-0.2, -0.15) is 0 Å². The first-order chi connectivity index (χ1) is 8.88. The lowest BCUT2D eigenvalue weighted by Gasteiger charge is -2.15. The molecule has 0 fully saturated rings. The van der Waals surface area contributed by atoms with E-state index in [0.29, 0.717) is 5.92 Å². The molecule has 5 heteroatoms. The van der Waals surface area contributed by atoms with Gasteiger partial charge in [-0.1, -0.05) is 13.8 Å². The van der Waals surface area contributed by atoms with Gasteiger partial charge in [-0.05, 0) is 47.7 Å². The molecule has 4 nitrogen and oxygen atoms in total. The maximum atomic E-state index is 11.8. The molecule has 1 heterocycles. The second-order valence-electron chi connectivity index (χ2n) is 5.25. The first kappa shape index (κ1) is 16.0. The number of nitrogens with zero attached hydrogens (tertiary/aromatic N) is 1. The van der Waals surface area contributed by atoms with Crippen LogP contribution in [0.4, 0.5) is 0 Å². The lowest BCUT2D eigenvalue weighted by molar-refractivity contribution is -0.122. The topological polar surface area (TPSA) is 51.1 Å². The van der Waals surface area contributed by atoms with Gasteiger partial charge in [0.25, 0.3) is 5.56 Å². The van der Waals surface area contributed by atoms with Crippen LogP contribution in [0.3, 0.4) is 0 Å². The van der Waals surface area contributed by atoms with E-state index in [1.807, 2.05) is 6.92 Å². The highest BCUT2D eigenvalue weighted by atomic mass is 79.9. The smallest absolute Gasteiger partial charge is 0.251 e. The van der Waals surface area contributed by atoms with Crippen LogP contribution in [0.15, 0.2) is 27.6 Å². The van der Waals surface area contributed by atoms with Gasteiger partial charge in [-0.15, -0.1) is 0 Å². The number of pyridine rings is 1. The maximum Gasteiger partial charge on any atom is 0.251 e. The van der Waals surface area contributed by atoms with Crippen LogP contribution in [0.1, 0.15) is 33.6 Å². The van der Waals surface area contributed by atoms with Crippen LogP contribution in [-0.4, -0.2) is 16.5 Å². The molecule has 0 aliphatic rings. The minimum Gasteiger partial charge on any atom is -0.352 e. The number of carbonyl (C=O) groups excluding carboxylic acids is 1. The zero-order chi connectivity index (χ0) is 14.4. The number of rotatable bonds is 6. The maximum absolute atomic E-state index is 11.8. The molecule has 1 rings (SSSR count). The van der Waals surface area contributed by atoms with Crippen molar-refractivity contribution in [3.8, 4) is 0 Å². The fraction of sp³-hybridized carbons (Fsp3) is 0.571. The van der Waals surface area contributed by atoms with Crippen molar-refractivity contribution in [3.05, 3.63) is 33.2 Å². The van der Waals surface area contributed by atoms with Gasteiger partial charge < -0.3 is 9.88 Å². The van der Waals surface area contributed by atoms with Crippen molar-refractivity contribution in [1.29, 1.82) is 0 Å². The molecule has 0 radical (unpaired) electrons. The van der Waals surface area contributed by atoms with E-state index in [-0.39, 0.29) is 24.1 Å². The zero-order valence-corrected chi connectivity index (χ0v) is 13.2. The molecule has 106 valence electrons. The van der Waals surface area contributed by atoms with Gasteiger partial charge in [0.15, 0.2) is 0 Å². The van der Waals surface area contributed by atoms with E-state index in [1.165, 1.54) is 10.6 Å². The molecular weight excluding hydrogens is 308 g/mol. The van der Waals surface area contributed by atoms with Crippen molar-refractivity contribution >= 4 is 21.8 Å². The Bertz CT molecular complexity index is 483. The second-order valence-corrected chi connectivity index (χ2v) is 6.17. The zero-order valence-electron chi connectivity index (χ0n) is 11.6. The molecule has 1 aromatic heterocycles. The minimum absolute atomic E-state index is 0.0598. The molecule has 1 N–H and O–H groups in total. The Labute approximate surface area is 122 Å². The number of aromatic nitrogens is 1. The predicted molar refractivity (Wildman–Crippen MR) is 80.1 cm³/mol. The summed E-state index contributed by atoms with van der Waals surface area (Å²) in [5.41, 5.74) is -0.173. The summed E-state index contributed by atoms with van der Waals surface area (Å²) >= 11 is 3.29. The van der Waals surface area contributed by atoms with Gasteiger partial charge in [0.2, 0.25) is 5.91 Å². The van der Waals surface area contributed by atoms with Crippen LogP contribution >= 0.6 is 15.9 Å². The van der Waals surface area contributed by atoms with E-state index in [4.69, 9.17) is 0 Å². The van der Waals surface area contributed by atoms with E-state index in [0.717, 1.165) is 17.3 Å². The SMILES string of the molecule is CC(C)CCC(C)NC(=O)Cn1cc(Br)ccc1=O. The Morgan fingerprint density at radius 1 is 1.32 bits per heavy atom. The molecular formula is C14H21BrN2O2. The molecule has 0 aromatic carbocycles. The van der Waals surface area contributed by atoms with E-state index in [1.54, 1.807) is 12.3 Å². The number of carbonyl (C=O) groups is 1. The molecule has 0 saturated carbocycles. The summed E-state index contributed by atoms with van der Waals surface area (Å²) in [5.74, 6) is 0.503. The standard InChI is InChI=1S/C14H21BrN2O2/c1-10(2)4-5-11(3)16-13(18)9-17-8-12(15)6-7-14(17)19/h6-8,10-11H,4-5,9H2,1-3H3,(H,16,18). The van der Waals surface area contributed by atoms with Gasteiger partial charge in [-0.25, -0.2) is 0 Å². The third kappa shape index (κ3) is 6.05. The van der Waals surface area contributed by atoms with Gasteiger partial charge >= 0.3 is 0 Å². The first-order valence-corrected chi connectivity index (χ1v) is 7.33. The fourth-order valence-electron chi connectivity index (χ4n) is 1.76. The summed E-state index contributed by atoms with van der Waals surface area (Å²) < 4.78 is 2.18. The van der Waals surface area contributed by atoms with Crippen molar-refractivity contribution in [2.75, 3.05) is 0 Å². The fourth-order valence-corrected chi connectivity index (χ4v) is 2.14. The Morgan fingerprint density at radius 2 is 2.00 bits per heavy atom. The number of halogens is 1. The molecule has 1 unspecified atom stereocenters. The van der Waals surface area contributed by atoms with E-state index in [9.17, 15) is 9.59 Å². The molecule has 0 bridgehead atoms. The number of nitrogens with one attached hydrogen (secondary N) is 1. The summed E-state index contributed by atoms with van der Waals surface area (Å²) in [6.07, 6.45) is 3.66. The van der Waals surface area contributed by atoms with Gasteiger partial charge in [0.1, 0.15) is 6.54 Å². The molecule has 1 aromatic rings. The third-order valence-electron chi connectivity index (χ3n) is 2.85. The molecule has 1 amide bonds. The van der Waals surface area contributed by atoms with E-state index in [2.05, 4.69) is 35.1 Å². The molecule has 0 aliphatic carbocycles. The Morgan fingerprint density at radius 3 is 2.63 bits per heavy atom. The summed E-state index contributed by atoms with van der Waals surface area (Å²) in [6, 6.07) is 3.25. The summed E-state index contributed by atoms with van der Waals surface area (Å²) in [6.45, 7) is 6.37. The van der Waals surface area contributed by atoms with Crippen molar-refractivity contribution in [1.82, 2.24) is 9.88 Å². The van der Waals surface area contributed by atoms with Crippen LogP contribution in [0.5, 0.6) is 0 Å². The quantitative estimate of drug-likeness (QED) is 0.872. The largest absolute Gasteiger partial charge is 0.352 e. The first-order valence-electron chi connectivity index (χ1n) is 6.54. The lowest BCUT2D eigenvalue weighted by atomic mass is 10.0. The Kier molecular flexibility index (Phi) is 6.28. The summed E-state index contributed by atoms with van der Waals surface area (Å²) in [7, 11) is 0. The van der Waals surface area contributed by atoms with Crippen molar-refractivity contribution in [3.63, 3.8) is 0 Å². The average molecular weight is 329 g/mol. The predicted octanol–water partition coefficient (Wildman–Crippen LogP) is 2.55. The molecule has 0 aliphatic heterocycles. The number of amides is 1. The van der Waals surface area contributed by atoms with Gasteiger partial charge in [-0.3, -0.25) is 9.59 Å². The van der Waals surface area contributed by atoms with Gasteiger partial charge in [0, 0.05) is 22.8 Å². The van der Waals surface area contributed by atoms with Gasteiger partial charge in [0.05, 0.1) is 0 Å². The second kappa shape index (κ2) is 7.48. The molecule has 1 atom stereocenters. The highest BCUT2D eigenvalue weighted by Gasteiger charge is 2.09. The summed E-state index contributed by atoms with van der Waals surface area (Å²) in [5, 5.41) is 2.92. The highest BCUT2D eigenvalue weighted by Crippen LogP contribution is 2.07. The number of hydrogen-bond acceptors (Lipinski definition) is 2. The van der Waals surface area contributed by atoms with Crippen molar-refractivity contribution in [2.45, 2.75) is 46.2 Å². The molecule has 0 spiro atoms. The average Bonchev–Trinajstić information content (AvgIpc) is 2.31. The van der Waals surface area contributed by atoms with Crippen LogP contribution in [0, 0.1) is 5.92 Å². The third-order valence-corrected chi connectivity index (χ3v) is 3.31. The van der Waals surface area contributed by atoms with Crippen LogP contribution in [0.2, 0.25) is 0 Å². The highest BCUT2D eigenvalue weighted by molar-refractivity contribution is 9.10. The Balaban J connectivity index is 2.51. The normalized spacial score (nSPS) is 12.5. The monoisotopic (exact) mass is 328 g/mol. The van der Waals surface area contributed by atoms with Crippen LogP contribution in [-0.2, 0) is 11.3 Å². The summed E-state index contributed by atoms with van der Waals surface area (Å²) in [4.78, 5) is 23.4.